The van der Waals surface area contributed by atoms with Gasteiger partial charge in [0, 0.05) is 5.69 Å². The maximum atomic E-state index is 11.9. The van der Waals surface area contributed by atoms with Gasteiger partial charge >= 0.3 is 5.69 Å². The van der Waals surface area contributed by atoms with Crippen molar-refractivity contribution in [3.63, 3.8) is 0 Å². The van der Waals surface area contributed by atoms with Crippen LogP contribution in [0.1, 0.15) is 0 Å². The van der Waals surface area contributed by atoms with Crippen LogP contribution in [0, 0.1) is 10.1 Å². The molecule has 1 amide bonds. The summed E-state index contributed by atoms with van der Waals surface area (Å²) in [7, 11) is 0. The Labute approximate surface area is 159 Å². The van der Waals surface area contributed by atoms with Gasteiger partial charge in [0.1, 0.15) is 12.1 Å². The first kappa shape index (κ1) is 18.6. The maximum absolute atomic E-state index is 11.9. The zero-order valence-electron chi connectivity index (χ0n) is 14.5. The highest BCUT2D eigenvalue weighted by molar-refractivity contribution is 5.80. The molecule has 0 atom stereocenters. The van der Waals surface area contributed by atoms with Gasteiger partial charge in [-0.05, 0) is 24.3 Å². The summed E-state index contributed by atoms with van der Waals surface area (Å²) >= 11 is 0. The van der Waals surface area contributed by atoms with E-state index in [1.165, 1.54) is 0 Å². The largest absolute Gasteiger partial charge is 0.484 e. The Kier molecular flexibility index (Phi) is 5.93. The van der Waals surface area contributed by atoms with Crippen LogP contribution < -0.4 is 20.9 Å². The van der Waals surface area contributed by atoms with E-state index in [1.807, 2.05) is 12.1 Å². The van der Waals surface area contributed by atoms with Gasteiger partial charge in [-0.2, -0.15) is 0 Å². The third-order valence-corrected chi connectivity index (χ3v) is 3.47. The highest BCUT2D eigenvalue weighted by atomic mass is 16.6. The Morgan fingerprint density at radius 2 is 1.64 bits per heavy atom. The number of carbonyl (C=O) groups excluding carboxylic acids is 1. The molecule has 3 aromatic rings. The molecule has 28 heavy (non-hydrogen) atoms. The fourth-order valence-electron chi connectivity index (χ4n) is 2.22. The van der Waals surface area contributed by atoms with Crippen molar-refractivity contribution in [2.24, 2.45) is 0 Å². The molecule has 0 aliphatic carbocycles. The fraction of sp³-hybridized carbons (Fsp3) is 0.0556. The molecular weight excluding hydrogens is 364 g/mol. The molecule has 0 radical (unpaired) electrons. The van der Waals surface area contributed by atoms with Gasteiger partial charge in [-0.15, -0.1) is 0 Å². The zero-order valence-corrected chi connectivity index (χ0v) is 14.5. The lowest BCUT2D eigenvalue weighted by Crippen LogP contribution is -2.34. The number of nitrogens with zero attached hydrogens (tertiary/aromatic N) is 3. The number of hydrazine groups is 1. The number of rotatable bonds is 8. The number of benzene rings is 2. The number of hydrogen-bond acceptors (Lipinski definition) is 8. The SMILES string of the molecule is O=C(COc1ccccc1)NNc1ncnc(Nc2ccccc2)c1[N+](=O)[O-]. The lowest BCUT2D eigenvalue weighted by atomic mass is 10.3. The number of nitrogens with one attached hydrogen (secondary N) is 3. The average molecular weight is 380 g/mol. The monoisotopic (exact) mass is 380 g/mol. The van der Waals surface area contributed by atoms with Crippen molar-refractivity contribution in [2.45, 2.75) is 0 Å². The van der Waals surface area contributed by atoms with Gasteiger partial charge in [-0.25, -0.2) is 9.97 Å². The average Bonchev–Trinajstić information content (AvgIpc) is 2.72. The molecule has 0 saturated carbocycles. The summed E-state index contributed by atoms with van der Waals surface area (Å²) in [6.07, 6.45) is 1.15. The van der Waals surface area contributed by atoms with Gasteiger partial charge in [0.25, 0.3) is 5.91 Å². The summed E-state index contributed by atoms with van der Waals surface area (Å²) < 4.78 is 5.31. The molecule has 0 aliphatic heterocycles. The third kappa shape index (κ3) is 4.91. The first-order valence-electron chi connectivity index (χ1n) is 8.17. The number of aromatic nitrogens is 2. The molecule has 3 N–H and O–H groups in total. The number of ether oxygens (including phenoxy) is 1. The van der Waals surface area contributed by atoms with Crippen LogP contribution in [0.4, 0.5) is 23.0 Å². The standard InChI is InChI=1S/C18H16N6O4/c25-15(11-28-14-9-5-2-6-10-14)22-23-18-16(24(26)27)17(19-12-20-18)21-13-7-3-1-4-8-13/h1-10,12H,11H2,(H,22,25)(H2,19,20,21,23). The van der Waals surface area contributed by atoms with Gasteiger partial charge in [-0.3, -0.25) is 25.8 Å². The number of anilines is 3. The van der Waals surface area contributed by atoms with Crippen molar-refractivity contribution in [1.29, 1.82) is 0 Å². The lowest BCUT2D eigenvalue weighted by Gasteiger charge is -2.11. The number of amides is 1. The summed E-state index contributed by atoms with van der Waals surface area (Å²) in [5.41, 5.74) is 4.98. The van der Waals surface area contributed by atoms with E-state index in [0.717, 1.165) is 6.33 Å². The summed E-state index contributed by atoms with van der Waals surface area (Å²) in [5.74, 6) is -0.177. The molecule has 10 nitrogen and oxygen atoms in total. The van der Waals surface area contributed by atoms with Crippen molar-refractivity contribution in [1.82, 2.24) is 15.4 Å². The maximum Gasteiger partial charge on any atom is 0.355 e. The second-order valence-corrected chi connectivity index (χ2v) is 5.44. The van der Waals surface area contributed by atoms with Crippen LogP contribution in [0.3, 0.4) is 0 Å². The topological polar surface area (TPSA) is 131 Å². The molecule has 0 aliphatic rings. The van der Waals surface area contributed by atoms with E-state index < -0.39 is 16.5 Å². The Bertz CT molecular complexity index is 953. The minimum atomic E-state index is -0.639. The van der Waals surface area contributed by atoms with E-state index in [0.29, 0.717) is 11.4 Å². The van der Waals surface area contributed by atoms with E-state index >= 15 is 0 Å². The molecule has 0 saturated heterocycles. The normalized spacial score (nSPS) is 10.0. The van der Waals surface area contributed by atoms with Crippen molar-refractivity contribution >= 4 is 28.9 Å². The predicted octanol–water partition coefficient (Wildman–Crippen LogP) is 2.65. The fourth-order valence-corrected chi connectivity index (χ4v) is 2.22. The molecule has 3 rings (SSSR count). The summed E-state index contributed by atoms with van der Waals surface area (Å²) in [6, 6.07) is 17.6. The number of carbonyl (C=O) groups is 1. The van der Waals surface area contributed by atoms with Crippen molar-refractivity contribution in [3.05, 3.63) is 77.1 Å². The minimum Gasteiger partial charge on any atom is -0.484 e. The van der Waals surface area contributed by atoms with Gasteiger partial charge in [0.15, 0.2) is 6.61 Å². The molecule has 0 unspecified atom stereocenters. The first-order chi connectivity index (χ1) is 13.6. The molecule has 10 heteroatoms. The number of hydrogen-bond donors (Lipinski definition) is 3. The van der Waals surface area contributed by atoms with Crippen LogP contribution in [0.2, 0.25) is 0 Å². The van der Waals surface area contributed by atoms with Gasteiger partial charge < -0.3 is 10.1 Å². The van der Waals surface area contributed by atoms with Gasteiger partial charge in [0.05, 0.1) is 4.92 Å². The molecule has 0 bridgehead atoms. The van der Waals surface area contributed by atoms with Crippen LogP contribution in [0.5, 0.6) is 5.75 Å². The predicted molar refractivity (Wildman–Crippen MR) is 102 cm³/mol. The molecule has 142 valence electrons. The van der Waals surface area contributed by atoms with Crippen LogP contribution in [0.25, 0.3) is 0 Å². The Balaban J connectivity index is 1.66. The first-order valence-corrected chi connectivity index (χ1v) is 8.17. The molecule has 0 fully saturated rings. The summed E-state index contributed by atoms with van der Waals surface area (Å²) in [5, 5.41) is 14.4. The van der Waals surface area contributed by atoms with E-state index in [2.05, 4.69) is 26.1 Å². The van der Waals surface area contributed by atoms with Crippen LogP contribution >= 0.6 is 0 Å². The second-order valence-electron chi connectivity index (χ2n) is 5.44. The Hall–Kier alpha value is -4.21. The van der Waals surface area contributed by atoms with E-state index in [9.17, 15) is 14.9 Å². The highest BCUT2D eigenvalue weighted by Crippen LogP contribution is 2.30. The molecule has 1 heterocycles. The highest BCUT2D eigenvalue weighted by Gasteiger charge is 2.23. The van der Waals surface area contributed by atoms with Crippen LogP contribution in [-0.2, 0) is 4.79 Å². The van der Waals surface area contributed by atoms with Gasteiger partial charge in [0.2, 0.25) is 11.6 Å². The smallest absolute Gasteiger partial charge is 0.355 e. The van der Waals surface area contributed by atoms with Gasteiger partial charge in [-0.1, -0.05) is 36.4 Å². The van der Waals surface area contributed by atoms with Crippen LogP contribution in [-0.4, -0.2) is 27.4 Å². The van der Waals surface area contributed by atoms with Crippen LogP contribution in [0.15, 0.2) is 67.0 Å². The number of nitro groups is 1. The quantitative estimate of drug-likeness (QED) is 0.401. The van der Waals surface area contributed by atoms with E-state index in [1.54, 1.807) is 48.5 Å². The second kappa shape index (κ2) is 8.94. The Morgan fingerprint density at radius 1 is 1.00 bits per heavy atom. The lowest BCUT2D eigenvalue weighted by molar-refractivity contribution is -0.383. The molecule has 1 aromatic heterocycles. The summed E-state index contributed by atoms with van der Waals surface area (Å²) in [4.78, 5) is 30.5. The van der Waals surface area contributed by atoms with Crippen molar-refractivity contribution < 1.29 is 14.5 Å². The van der Waals surface area contributed by atoms with E-state index in [4.69, 9.17) is 4.74 Å². The zero-order chi connectivity index (χ0) is 19.8. The Morgan fingerprint density at radius 3 is 2.32 bits per heavy atom. The number of para-hydroxylation sites is 2. The van der Waals surface area contributed by atoms with Crippen molar-refractivity contribution in [3.8, 4) is 5.75 Å². The molecular formula is C18H16N6O4. The molecule has 0 spiro atoms. The molecule has 2 aromatic carbocycles. The van der Waals surface area contributed by atoms with Crippen molar-refractivity contribution in [2.75, 3.05) is 17.3 Å². The minimum absolute atomic E-state index is 0.0107. The third-order valence-electron chi connectivity index (χ3n) is 3.47. The summed E-state index contributed by atoms with van der Waals surface area (Å²) in [6.45, 7) is -0.273. The van der Waals surface area contributed by atoms with E-state index in [-0.39, 0.29) is 18.2 Å².